The fraction of sp³-hybridized carbons (Fsp3) is 0. The molecule has 0 radical (unpaired) electrons. The van der Waals surface area contributed by atoms with Crippen molar-refractivity contribution >= 4 is 75.1 Å². The Morgan fingerprint density at radius 2 is 1.02 bits per heavy atom. The highest BCUT2D eigenvalue weighted by Gasteiger charge is 2.22. The van der Waals surface area contributed by atoms with Crippen molar-refractivity contribution < 1.29 is 0 Å². The van der Waals surface area contributed by atoms with E-state index >= 15 is 0 Å². The number of thiophene rings is 1. The van der Waals surface area contributed by atoms with Crippen LogP contribution in [0.15, 0.2) is 121 Å². The molecule has 0 aliphatic heterocycles. The first-order chi connectivity index (χ1) is 21.3. The number of hydrogen-bond donors (Lipinski definition) is 0. The van der Waals surface area contributed by atoms with E-state index in [-0.39, 0.29) is 0 Å². The first-order valence-corrected chi connectivity index (χ1v) is 14.9. The summed E-state index contributed by atoms with van der Waals surface area (Å²) in [4.78, 5) is 0. The molecule has 9 rings (SSSR count). The molecule has 0 fully saturated rings. The van der Waals surface area contributed by atoms with E-state index < -0.39 is 0 Å². The molecular weight excluding hydrogens is 545 g/mol. The van der Waals surface area contributed by atoms with Gasteiger partial charge in [0, 0.05) is 43.7 Å². The van der Waals surface area contributed by atoms with Crippen LogP contribution in [-0.2, 0) is 0 Å². The van der Waals surface area contributed by atoms with Crippen LogP contribution in [0.4, 0.5) is 0 Å². The molecule has 3 heterocycles. The van der Waals surface area contributed by atoms with E-state index in [1.54, 1.807) is 0 Å². The summed E-state index contributed by atoms with van der Waals surface area (Å²) in [5, 5.41) is 27.1. The van der Waals surface area contributed by atoms with Gasteiger partial charge in [-0.05, 0) is 48.5 Å². The molecule has 0 amide bonds. The highest BCUT2D eigenvalue weighted by Crippen LogP contribution is 2.44. The lowest BCUT2D eigenvalue weighted by molar-refractivity contribution is 1.13. The average Bonchev–Trinajstić information content (AvgIpc) is 3.71. The zero-order valence-corrected chi connectivity index (χ0v) is 23.6. The summed E-state index contributed by atoms with van der Waals surface area (Å²) < 4.78 is 6.39. The van der Waals surface area contributed by atoms with E-state index in [4.69, 9.17) is 0 Å². The number of aromatic nitrogens is 2. The molecule has 0 unspecified atom stereocenters. The van der Waals surface area contributed by atoms with Crippen molar-refractivity contribution in [2.45, 2.75) is 0 Å². The molecule has 5 heteroatoms. The number of benzene rings is 6. The molecule has 0 aliphatic rings. The second-order valence-corrected chi connectivity index (χ2v) is 11.8. The van der Waals surface area contributed by atoms with Gasteiger partial charge in [-0.15, -0.1) is 11.3 Å². The maximum Gasteiger partial charge on any atom is 0.103 e. The van der Waals surface area contributed by atoms with E-state index in [0.29, 0.717) is 11.1 Å². The molecule has 198 valence electrons. The number of nitrogens with zero attached hydrogens (tertiary/aromatic N) is 4. The van der Waals surface area contributed by atoms with Gasteiger partial charge in [0.1, 0.15) is 12.1 Å². The summed E-state index contributed by atoms with van der Waals surface area (Å²) in [5.41, 5.74) is 7.56. The van der Waals surface area contributed by atoms with Crippen LogP contribution in [0, 0.1) is 22.7 Å². The van der Waals surface area contributed by atoms with Gasteiger partial charge >= 0.3 is 0 Å². The lowest BCUT2D eigenvalue weighted by Gasteiger charge is -2.13. The SMILES string of the molecule is N#Cc1cccc2c1sc1c(C#N)c3c(cc12)c1ccccc1n3-c1cccc(-n2c3ccccc3c3ccccc32)c1. The van der Waals surface area contributed by atoms with Gasteiger partial charge in [-0.2, -0.15) is 10.5 Å². The van der Waals surface area contributed by atoms with Gasteiger partial charge in [0.15, 0.2) is 0 Å². The van der Waals surface area contributed by atoms with Crippen LogP contribution in [0.25, 0.3) is 75.2 Å². The molecule has 0 saturated heterocycles. The second-order valence-electron chi connectivity index (χ2n) is 10.8. The molecule has 6 aromatic carbocycles. The Labute approximate surface area is 250 Å². The van der Waals surface area contributed by atoms with Gasteiger partial charge in [0.05, 0.1) is 42.6 Å². The molecule has 3 aromatic heterocycles. The van der Waals surface area contributed by atoms with Crippen molar-refractivity contribution in [2.24, 2.45) is 0 Å². The topological polar surface area (TPSA) is 57.4 Å². The fourth-order valence-electron chi connectivity index (χ4n) is 6.81. The first kappa shape index (κ1) is 23.8. The van der Waals surface area contributed by atoms with Gasteiger partial charge in [0.2, 0.25) is 0 Å². The lowest BCUT2D eigenvalue weighted by atomic mass is 10.0. The Morgan fingerprint density at radius 3 is 1.67 bits per heavy atom. The van der Waals surface area contributed by atoms with Gasteiger partial charge < -0.3 is 9.13 Å². The predicted molar refractivity (Wildman–Crippen MR) is 177 cm³/mol. The normalized spacial score (nSPS) is 11.7. The Kier molecular flexibility index (Phi) is 4.87. The fourth-order valence-corrected chi connectivity index (χ4v) is 8.05. The van der Waals surface area contributed by atoms with Crippen molar-refractivity contribution in [1.82, 2.24) is 9.13 Å². The number of para-hydroxylation sites is 3. The molecule has 43 heavy (non-hydrogen) atoms. The number of hydrogen-bond acceptors (Lipinski definition) is 3. The first-order valence-electron chi connectivity index (χ1n) is 14.1. The Hall–Kier alpha value is -5.88. The van der Waals surface area contributed by atoms with Crippen LogP contribution >= 0.6 is 11.3 Å². The predicted octanol–water partition coefficient (Wildman–Crippen LogP) is 9.99. The lowest BCUT2D eigenvalue weighted by Crippen LogP contribution is -1.99. The number of nitriles is 2. The van der Waals surface area contributed by atoms with Gasteiger partial charge in [-0.1, -0.05) is 72.8 Å². The van der Waals surface area contributed by atoms with E-state index in [2.05, 4.69) is 130 Å². The molecule has 4 nitrogen and oxygen atoms in total. The quantitative estimate of drug-likeness (QED) is 0.210. The minimum Gasteiger partial charge on any atom is -0.309 e. The van der Waals surface area contributed by atoms with E-state index in [0.717, 1.165) is 64.4 Å². The summed E-state index contributed by atoms with van der Waals surface area (Å²) in [6.07, 6.45) is 0. The van der Waals surface area contributed by atoms with E-state index in [1.165, 1.54) is 22.1 Å². The maximum atomic E-state index is 10.7. The van der Waals surface area contributed by atoms with Crippen LogP contribution in [-0.4, -0.2) is 9.13 Å². The minimum absolute atomic E-state index is 0.635. The average molecular weight is 565 g/mol. The van der Waals surface area contributed by atoms with Gasteiger partial charge in [-0.25, -0.2) is 0 Å². The third-order valence-electron chi connectivity index (χ3n) is 8.58. The van der Waals surface area contributed by atoms with Crippen molar-refractivity contribution in [3.8, 4) is 23.5 Å². The molecule has 0 atom stereocenters. The van der Waals surface area contributed by atoms with Crippen molar-refractivity contribution in [1.29, 1.82) is 10.5 Å². The van der Waals surface area contributed by atoms with Crippen LogP contribution in [0.5, 0.6) is 0 Å². The van der Waals surface area contributed by atoms with Crippen LogP contribution < -0.4 is 0 Å². The van der Waals surface area contributed by atoms with Crippen LogP contribution in [0.1, 0.15) is 11.1 Å². The largest absolute Gasteiger partial charge is 0.309 e. The second kappa shape index (κ2) is 8.81. The zero-order chi connectivity index (χ0) is 28.7. The highest BCUT2D eigenvalue weighted by atomic mass is 32.1. The van der Waals surface area contributed by atoms with Crippen molar-refractivity contribution in [3.05, 3.63) is 132 Å². The van der Waals surface area contributed by atoms with Crippen LogP contribution in [0.2, 0.25) is 0 Å². The maximum absolute atomic E-state index is 10.7. The molecule has 0 N–H and O–H groups in total. The summed E-state index contributed by atoms with van der Waals surface area (Å²) >= 11 is 1.53. The highest BCUT2D eigenvalue weighted by molar-refractivity contribution is 7.26. The monoisotopic (exact) mass is 564 g/mol. The summed E-state index contributed by atoms with van der Waals surface area (Å²) in [7, 11) is 0. The van der Waals surface area contributed by atoms with Gasteiger partial charge in [-0.3, -0.25) is 0 Å². The molecular formula is C38H20N4S. The Balaban J connectivity index is 1.40. The Bertz CT molecular complexity index is 2650. The van der Waals surface area contributed by atoms with Crippen LogP contribution in [0.3, 0.4) is 0 Å². The summed E-state index contributed by atoms with van der Waals surface area (Å²) in [6.45, 7) is 0. The van der Waals surface area contributed by atoms with Gasteiger partial charge in [0.25, 0.3) is 0 Å². The molecule has 0 aliphatic carbocycles. The summed E-state index contributed by atoms with van der Waals surface area (Å²) in [6, 6.07) is 46.9. The van der Waals surface area contributed by atoms with Crippen molar-refractivity contribution in [2.75, 3.05) is 0 Å². The smallest absolute Gasteiger partial charge is 0.103 e. The molecule has 0 bridgehead atoms. The number of rotatable bonds is 2. The third kappa shape index (κ3) is 3.17. The van der Waals surface area contributed by atoms with E-state index in [1.807, 2.05) is 12.1 Å². The van der Waals surface area contributed by atoms with E-state index in [9.17, 15) is 10.5 Å². The minimum atomic E-state index is 0.635. The molecule has 0 saturated carbocycles. The number of fused-ring (bicyclic) bond motifs is 9. The summed E-state index contributed by atoms with van der Waals surface area (Å²) in [5.74, 6) is 0. The molecule has 9 aromatic rings. The van der Waals surface area contributed by atoms with Crippen molar-refractivity contribution in [3.63, 3.8) is 0 Å². The Morgan fingerprint density at radius 1 is 0.465 bits per heavy atom. The zero-order valence-electron chi connectivity index (χ0n) is 22.7. The molecule has 0 spiro atoms. The third-order valence-corrected chi connectivity index (χ3v) is 9.85. The standard InChI is InChI=1S/C38H20N4S/c39-21-23-9-7-15-29-31-20-30-28-14-3-6-18-35(28)42(36(30)32(22-40)38(31)43-37(23)29)25-11-8-10-24(19-25)41-33-16-4-1-12-26(33)27-13-2-5-17-34(27)41/h1-20H.